The van der Waals surface area contributed by atoms with Crippen LogP contribution in [0.1, 0.15) is 57.1 Å². The number of hydrogen-bond acceptors (Lipinski definition) is 5. The van der Waals surface area contributed by atoms with Crippen molar-refractivity contribution in [1.29, 1.82) is 0 Å². The molecular formula is C22H29FN2O5S. The van der Waals surface area contributed by atoms with E-state index in [9.17, 15) is 22.4 Å². The zero-order valence-electron chi connectivity index (χ0n) is 17.6. The molecule has 1 aliphatic carbocycles. The highest BCUT2D eigenvalue weighted by molar-refractivity contribution is 7.89. The summed E-state index contributed by atoms with van der Waals surface area (Å²) >= 11 is 0. The molecule has 0 bridgehead atoms. The van der Waals surface area contributed by atoms with E-state index in [-0.39, 0.29) is 29.2 Å². The molecule has 0 radical (unpaired) electrons. The molecule has 170 valence electrons. The minimum atomic E-state index is -3.55. The van der Waals surface area contributed by atoms with Crippen LogP contribution in [-0.2, 0) is 19.6 Å². The first kappa shape index (κ1) is 23.4. The van der Waals surface area contributed by atoms with Crippen molar-refractivity contribution in [3.8, 4) is 5.75 Å². The Bertz CT molecular complexity index is 943. The van der Waals surface area contributed by atoms with Gasteiger partial charge in [0.25, 0.3) is 0 Å². The van der Waals surface area contributed by atoms with Crippen molar-refractivity contribution in [2.24, 2.45) is 11.8 Å². The van der Waals surface area contributed by atoms with Gasteiger partial charge in [-0.25, -0.2) is 17.5 Å². The third-order valence-corrected chi connectivity index (χ3v) is 6.96. The molecule has 31 heavy (non-hydrogen) atoms. The van der Waals surface area contributed by atoms with Crippen LogP contribution in [0.4, 0.5) is 4.39 Å². The average Bonchev–Trinajstić information content (AvgIpc) is 3.52. The first-order valence-corrected chi connectivity index (χ1v) is 12.3. The second-order valence-electron chi connectivity index (χ2n) is 8.25. The van der Waals surface area contributed by atoms with Crippen molar-refractivity contribution in [2.45, 2.75) is 51.5 Å². The van der Waals surface area contributed by atoms with Crippen LogP contribution in [0.2, 0.25) is 0 Å². The largest absolute Gasteiger partial charge is 0.490 e. The number of benzene rings is 1. The van der Waals surface area contributed by atoms with Gasteiger partial charge < -0.3 is 4.74 Å². The zero-order chi connectivity index (χ0) is 22.4. The van der Waals surface area contributed by atoms with Gasteiger partial charge in [0.15, 0.2) is 11.6 Å². The van der Waals surface area contributed by atoms with E-state index in [1.54, 1.807) is 31.2 Å². The smallest absolute Gasteiger partial charge is 0.229 e. The van der Waals surface area contributed by atoms with Gasteiger partial charge in [-0.05, 0) is 62.6 Å². The molecule has 2 unspecified atom stereocenters. The van der Waals surface area contributed by atoms with Crippen molar-refractivity contribution in [3.05, 3.63) is 41.7 Å². The summed E-state index contributed by atoms with van der Waals surface area (Å²) in [6.45, 7) is 2.18. The van der Waals surface area contributed by atoms with Gasteiger partial charge in [0.05, 0.1) is 12.4 Å². The average molecular weight is 453 g/mol. The molecule has 0 spiro atoms. The van der Waals surface area contributed by atoms with Gasteiger partial charge in [-0.15, -0.1) is 0 Å². The third-order valence-electron chi connectivity index (χ3n) is 5.48. The van der Waals surface area contributed by atoms with Crippen molar-refractivity contribution in [3.63, 3.8) is 0 Å². The lowest BCUT2D eigenvalue weighted by atomic mass is 9.95. The van der Waals surface area contributed by atoms with Crippen LogP contribution in [0.5, 0.6) is 5.75 Å². The van der Waals surface area contributed by atoms with E-state index in [4.69, 9.17) is 4.74 Å². The maximum atomic E-state index is 13.9. The Morgan fingerprint density at radius 2 is 2.03 bits per heavy atom. The summed E-state index contributed by atoms with van der Waals surface area (Å²) in [6, 6.07) is 3.86. The number of ether oxygens (including phenoxy) is 1. The Morgan fingerprint density at radius 1 is 1.26 bits per heavy atom. The number of carbonyl (C=O) groups is 2. The number of allylic oxidation sites excluding steroid dienone is 2. The third kappa shape index (κ3) is 7.43. The second kappa shape index (κ2) is 10.4. The minimum absolute atomic E-state index is 0.102. The summed E-state index contributed by atoms with van der Waals surface area (Å²) in [7, 11) is -3.55. The highest BCUT2D eigenvalue weighted by Crippen LogP contribution is 2.31. The number of nitrogens with one attached hydrogen (secondary N) is 2. The van der Waals surface area contributed by atoms with Crippen LogP contribution < -0.4 is 14.8 Å². The quantitative estimate of drug-likeness (QED) is 0.397. The molecule has 1 aromatic rings. The summed E-state index contributed by atoms with van der Waals surface area (Å²) < 4.78 is 46.9. The number of carbonyl (C=O) groups excluding carboxylic acids is 2. The number of rotatable bonds is 11. The molecule has 0 aromatic heterocycles. The Morgan fingerprint density at radius 3 is 2.74 bits per heavy atom. The molecule has 9 heteroatoms. The fraction of sp³-hybridized carbons (Fsp3) is 0.545. The van der Waals surface area contributed by atoms with Crippen molar-refractivity contribution in [2.75, 3.05) is 12.4 Å². The highest BCUT2D eigenvalue weighted by Gasteiger charge is 2.25. The lowest BCUT2D eigenvalue weighted by Gasteiger charge is -2.19. The molecule has 7 nitrogen and oxygen atoms in total. The molecule has 2 atom stereocenters. The van der Waals surface area contributed by atoms with Gasteiger partial charge in [-0.3, -0.25) is 14.9 Å². The van der Waals surface area contributed by atoms with Crippen molar-refractivity contribution in [1.82, 2.24) is 10.0 Å². The molecule has 1 aliphatic heterocycles. The van der Waals surface area contributed by atoms with Gasteiger partial charge in [-0.1, -0.05) is 18.2 Å². The predicted molar refractivity (Wildman–Crippen MR) is 114 cm³/mol. The van der Waals surface area contributed by atoms with Gasteiger partial charge in [0.2, 0.25) is 21.8 Å². The van der Waals surface area contributed by atoms with E-state index in [0.717, 1.165) is 12.8 Å². The van der Waals surface area contributed by atoms with Gasteiger partial charge in [-0.2, -0.15) is 0 Å². The summed E-state index contributed by atoms with van der Waals surface area (Å²) in [5.41, 5.74) is 0.629. The highest BCUT2D eigenvalue weighted by atomic mass is 32.2. The standard InChI is InChI=1S/C22H29FN2O5S/c1-15(18-8-10-19(23)20(13-18)30-14-16-6-7-16)25-31(28,29)12-4-2-3-5-17-9-11-21(26)24-22(17)27/h2-3,8,10,13,15-17,25H,4-7,9,11-12,14H2,1H3,(H,24,26,27)/b3-2+. The summed E-state index contributed by atoms with van der Waals surface area (Å²) in [5, 5.41) is 2.31. The maximum Gasteiger partial charge on any atom is 0.229 e. The molecule has 3 rings (SSSR count). The molecule has 1 saturated carbocycles. The van der Waals surface area contributed by atoms with Gasteiger partial charge in [0.1, 0.15) is 0 Å². The topological polar surface area (TPSA) is 102 Å². The zero-order valence-corrected chi connectivity index (χ0v) is 18.4. The van der Waals surface area contributed by atoms with Crippen LogP contribution in [0.15, 0.2) is 30.4 Å². The fourth-order valence-corrected chi connectivity index (χ4v) is 4.59. The molecule has 1 aromatic carbocycles. The Balaban J connectivity index is 1.45. The number of hydrogen-bond donors (Lipinski definition) is 2. The summed E-state index contributed by atoms with van der Waals surface area (Å²) in [4.78, 5) is 22.8. The number of sulfonamides is 1. The van der Waals surface area contributed by atoms with Crippen molar-refractivity contribution < 1.29 is 27.1 Å². The monoisotopic (exact) mass is 452 g/mol. The second-order valence-corrected chi connectivity index (χ2v) is 10.1. The van der Waals surface area contributed by atoms with Crippen molar-refractivity contribution >= 4 is 21.8 Å². The van der Waals surface area contributed by atoms with Gasteiger partial charge >= 0.3 is 0 Å². The molecule has 2 fully saturated rings. The minimum Gasteiger partial charge on any atom is -0.490 e. The molecular weight excluding hydrogens is 423 g/mol. The molecule has 2 amide bonds. The number of halogens is 1. The summed E-state index contributed by atoms with van der Waals surface area (Å²) in [6.07, 6.45) is 7.32. The molecule has 1 heterocycles. The van der Waals surface area contributed by atoms with E-state index < -0.39 is 21.9 Å². The number of piperidine rings is 1. The first-order chi connectivity index (χ1) is 14.7. The molecule has 2 aliphatic rings. The normalized spacial score (nSPS) is 20.6. The van der Waals surface area contributed by atoms with Crippen LogP contribution in [0.3, 0.4) is 0 Å². The van der Waals surface area contributed by atoms with Crippen LogP contribution in [0, 0.1) is 17.7 Å². The van der Waals surface area contributed by atoms with Crippen LogP contribution >= 0.6 is 0 Å². The number of amides is 2. The SMILES string of the molecule is CC(NS(=O)(=O)CC/C=C/CC1CCC(=O)NC1=O)c1ccc(F)c(OCC2CC2)c1. The Kier molecular flexibility index (Phi) is 7.83. The van der Waals surface area contributed by atoms with E-state index in [2.05, 4.69) is 10.0 Å². The van der Waals surface area contributed by atoms with E-state index >= 15 is 0 Å². The molecule has 1 saturated heterocycles. The lowest BCUT2D eigenvalue weighted by Crippen LogP contribution is -2.40. The number of imide groups is 1. The Hall–Kier alpha value is -2.26. The fourth-order valence-electron chi connectivity index (χ4n) is 3.35. The van der Waals surface area contributed by atoms with E-state index in [0.29, 0.717) is 43.8 Å². The van der Waals surface area contributed by atoms with Crippen LogP contribution in [0.25, 0.3) is 0 Å². The van der Waals surface area contributed by atoms with Gasteiger partial charge in [0, 0.05) is 18.4 Å². The van der Waals surface area contributed by atoms with E-state index in [1.807, 2.05) is 0 Å². The summed E-state index contributed by atoms with van der Waals surface area (Å²) in [5.74, 6) is -0.703. The predicted octanol–water partition coefficient (Wildman–Crippen LogP) is 2.98. The first-order valence-electron chi connectivity index (χ1n) is 10.6. The van der Waals surface area contributed by atoms with Crippen LogP contribution in [-0.4, -0.2) is 32.6 Å². The maximum absolute atomic E-state index is 13.9. The van der Waals surface area contributed by atoms with E-state index in [1.165, 1.54) is 6.07 Å². The molecule has 2 N–H and O–H groups in total. The Labute approximate surface area is 182 Å². The lowest BCUT2D eigenvalue weighted by molar-refractivity contribution is -0.136.